The zero-order valence-electron chi connectivity index (χ0n) is 15.6. The van der Waals surface area contributed by atoms with Crippen LogP contribution >= 0.6 is 0 Å². The Kier molecular flexibility index (Phi) is 6.18. The van der Waals surface area contributed by atoms with Crippen molar-refractivity contribution in [3.05, 3.63) is 29.3 Å². The monoisotopic (exact) mass is 364 g/mol. The van der Waals surface area contributed by atoms with Crippen LogP contribution in [0, 0.1) is 19.8 Å². The molecule has 1 aromatic carbocycles. The Hall–Kier alpha value is -0.910. The molecule has 3 rings (SSSR count). The summed E-state index contributed by atoms with van der Waals surface area (Å²) >= 11 is 0. The largest absolute Gasteiger partial charge is 0.303 e. The quantitative estimate of drug-likeness (QED) is 0.868. The Bertz CT molecular complexity index is 673. The van der Waals surface area contributed by atoms with E-state index >= 15 is 0 Å². The summed E-state index contributed by atoms with van der Waals surface area (Å²) in [6.45, 7) is 7.18. The standard InChI is InChI=1S/C20H32N2O2S/c1-16-8-9-20(14-17(16)2)25(23,24)21-19-10-12-22(13-11-19)15-18-6-4-3-5-7-18/h8-9,14,18-19,21H,3-7,10-13,15H2,1-2H3. The molecule has 0 bridgehead atoms. The van der Waals surface area contributed by atoms with E-state index in [1.165, 1.54) is 38.6 Å². The Morgan fingerprint density at radius 3 is 2.32 bits per heavy atom. The van der Waals surface area contributed by atoms with Crippen molar-refractivity contribution in [2.24, 2.45) is 5.92 Å². The molecule has 1 saturated carbocycles. The maximum absolute atomic E-state index is 12.6. The second-order valence-electron chi connectivity index (χ2n) is 7.95. The summed E-state index contributed by atoms with van der Waals surface area (Å²) in [6.07, 6.45) is 8.75. The maximum Gasteiger partial charge on any atom is 0.240 e. The van der Waals surface area contributed by atoms with Gasteiger partial charge < -0.3 is 4.90 Å². The molecule has 1 aliphatic heterocycles. The molecule has 0 amide bonds. The molecule has 0 unspecified atom stereocenters. The van der Waals surface area contributed by atoms with Crippen molar-refractivity contribution in [3.63, 3.8) is 0 Å². The van der Waals surface area contributed by atoms with Crippen LogP contribution in [0.4, 0.5) is 0 Å². The van der Waals surface area contributed by atoms with Gasteiger partial charge in [0, 0.05) is 12.6 Å². The molecule has 5 heteroatoms. The number of benzene rings is 1. The van der Waals surface area contributed by atoms with Crippen LogP contribution in [-0.4, -0.2) is 39.0 Å². The van der Waals surface area contributed by atoms with Crippen molar-refractivity contribution in [2.45, 2.75) is 69.7 Å². The molecule has 140 valence electrons. The number of likely N-dealkylation sites (tertiary alicyclic amines) is 1. The summed E-state index contributed by atoms with van der Waals surface area (Å²) < 4.78 is 28.2. The first-order valence-corrected chi connectivity index (χ1v) is 11.2. The summed E-state index contributed by atoms with van der Waals surface area (Å²) in [5, 5.41) is 0. The first kappa shape index (κ1) is 18.9. The Balaban J connectivity index is 1.51. The highest BCUT2D eigenvalue weighted by molar-refractivity contribution is 7.89. The normalized spacial score (nSPS) is 21.5. The highest BCUT2D eigenvalue weighted by Crippen LogP contribution is 2.26. The van der Waals surface area contributed by atoms with Crippen molar-refractivity contribution in [2.75, 3.05) is 19.6 Å². The maximum atomic E-state index is 12.6. The van der Waals surface area contributed by atoms with Gasteiger partial charge >= 0.3 is 0 Å². The molecular weight excluding hydrogens is 332 g/mol. The van der Waals surface area contributed by atoms with Crippen LogP contribution in [0.25, 0.3) is 0 Å². The smallest absolute Gasteiger partial charge is 0.240 e. The number of hydrogen-bond donors (Lipinski definition) is 1. The molecule has 2 fully saturated rings. The van der Waals surface area contributed by atoms with E-state index in [-0.39, 0.29) is 6.04 Å². The van der Waals surface area contributed by atoms with Crippen molar-refractivity contribution in [1.82, 2.24) is 9.62 Å². The average Bonchev–Trinajstić information content (AvgIpc) is 2.60. The van der Waals surface area contributed by atoms with E-state index in [9.17, 15) is 8.42 Å². The predicted octanol–water partition coefficient (Wildman–Crippen LogP) is 3.63. The number of hydrogen-bond acceptors (Lipinski definition) is 3. The van der Waals surface area contributed by atoms with Crippen LogP contribution in [0.15, 0.2) is 23.1 Å². The van der Waals surface area contributed by atoms with Gasteiger partial charge in [-0.05, 0) is 81.8 Å². The second kappa shape index (κ2) is 8.19. The summed E-state index contributed by atoms with van der Waals surface area (Å²) in [4.78, 5) is 2.93. The molecule has 25 heavy (non-hydrogen) atoms. The van der Waals surface area contributed by atoms with Crippen LogP contribution in [0.2, 0.25) is 0 Å². The minimum Gasteiger partial charge on any atom is -0.303 e. The molecule has 0 aromatic heterocycles. The highest BCUT2D eigenvalue weighted by atomic mass is 32.2. The number of nitrogens with zero attached hydrogens (tertiary/aromatic N) is 1. The summed E-state index contributed by atoms with van der Waals surface area (Å²) in [6, 6.07) is 5.43. The molecule has 0 radical (unpaired) electrons. The van der Waals surface area contributed by atoms with Gasteiger partial charge in [-0.25, -0.2) is 13.1 Å². The van der Waals surface area contributed by atoms with Gasteiger partial charge in [-0.2, -0.15) is 0 Å². The van der Waals surface area contributed by atoms with Gasteiger partial charge in [0.15, 0.2) is 0 Å². The van der Waals surface area contributed by atoms with Crippen molar-refractivity contribution in [3.8, 4) is 0 Å². The summed E-state index contributed by atoms with van der Waals surface area (Å²) in [5.74, 6) is 0.859. The van der Waals surface area contributed by atoms with Crippen LogP contribution in [-0.2, 0) is 10.0 Å². The van der Waals surface area contributed by atoms with E-state index in [1.807, 2.05) is 19.9 Å². The lowest BCUT2D eigenvalue weighted by Gasteiger charge is -2.35. The van der Waals surface area contributed by atoms with Crippen molar-refractivity contribution < 1.29 is 8.42 Å². The number of piperidine rings is 1. The minimum atomic E-state index is -3.41. The first-order chi connectivity index (χ1) is 11.9. The van der Waals surface area contributed by atoms with Gasteiger partial charge in [0.1, 0.15) is 0 Å². The molecule has 1 heterocycles. The van der Waals surface area contributed by atoms with E-state index in [4.69, 9.17) is 0 Å². The fourth-order valence-corrected chi connectivity index (χ4v) is 5.53. The van der Waals surface area contributed by atoms with Crippen LogP contribution < -0.4 is 4.72 Å². The van der Waals surface area contributed by atoms with Gasteiger partial charge in [0.2, 0.25) is 10.0 Å². The fraction of sp³-hybridized carbons (Fsp3) is 0.700. The van der Waals surface area contributed by atoms with E-state index in [2.05, 4.69) is 9.62 Å². The lowest BCUT2D eigenvalue weighted by molar-refractivity contribution is 0.161. The van der Waals surface area contributed by atoms with Gasteiger partial charge in [-0.3, -0.25) is 0 Å². The molecule has 1 aliphatic carbocycles. The number of nitrogens with one attached hydrogen (secondary N) is 1. The predicted molar refractivity (Wildman–Crippen MR) is 102 cm³/mol. The van der Waals surface area contributed by atoms with E-state index in [1.54, 1.807) is 12.1 Å². The van der Waals surface area contributed by atoms with E-state index in [0.29, 0.717) is 4.90 Å². The molecule has 2 aliphatic rings. The first-order valence-electron chi connectivity index (χ1n) is 9.76. The van der Waals surface area contributed by atoms with Gasteiger partial charge in [-0.1, -0.05) is 25.3 Å². The Morgan fingerprint density at radius 2 is 1.68 bits per heavy atom. The van der Waals surface area contributed by atoms with E-state index in [0.717, 1.165) is 43.0 Å². The van der Waals surface area contributed by atoms with Gasteiger partial charge in [0.05, 0.1) is 4.90 Å². The van der Waals surface area contributed by atoms with E-state index < -0.39 is 10.0 Å². The fourth-order valence-electron chi connectivity index (χ4n) is 4.14. The Morgan fingerprint density at radius 1 is 1.00 bits per heavy atom. The molecule has 0 spiro atoms. The molecular formula is C20H32N2O2S. The molecule has 0 atom stereocenters. The zero-order valence-corrected chi connectivity index (χ0v) is 16.4. The van der Waals surface area contributed by atoms with Crippen molar-refractivity contribution in [1.29, 1.82) is 0 Å². The topological polar surface area (TPSA) is 49.4 Å². The van der Waals surface area contributed by atoms with Gasteiger partial charge in [-0.15, -0.1) is 0 Å². The SMILES string of the molecule is Cc1ccc(S(=O)(=O)NC2CCN(CC3CCCCC3)CC2)cc1C. The zero-order chi connectivity index (χ0) is 17.9. The second-order valence-corrected chi connectivity index (χ2v) is 9.66. The number of sulfonamides is 1. The highest BCUT2D eigenvalue weighted by Gasteiger charge is 2.26. The Labute approximate surface area is 153 Å². The van der Waals surface area contributed by atoms with Crippen LogP contribution in [0.5, 0.6) is 0 Å². The molecule has 4 nitrogen and oxygen atoms in total. The third kappa shape index (κ3) is 5.05. The summed E-state index contributed by atoms with van der Waals surface area (Å²) in [7, 11) is -3.41. The third-order valence-corrected chi connectivity index (χ3v) is 7.46. The minimum absolute atomic E-state index is 0.0641. The molecule has 1 aromatic rings. The lowest BCUT2D eigenvalue weighted by atomic mass is 9.88. The van der Waals surface area contributed by atoms with Gasteiger partial charge in [0.25, 0.3) is 0 Å². The third-order valence-electron chi connectivity index (χ3n) is 5.94. The number of aryl methyl sites for hydroxylation is 2. The number of rotatable bonds is 5. The van der Waals surface area contributed by atoms with Crippen LogP contribution in [0.1, 0.15) is 56.1 Å². The molecule has 1 N–H and O–H groups in total. The van der Waals surface area contributed by atoms with Crippen molar-refractivity contribution >= 4 is 10.0 Å². The van der Waals surface area contributed by atoms with Crippen LogP contribution in [0.3, 0.4) is 0 Å². The molecule has 1 saturated heterocycles. The average molecular weight is 365 g/mol. The lowest BCUT2D eigenvalue weighted by Crippen LogP contribution is -2.45. The summed E-state index contributed by atoms with van der Waals surface area (Å²) in [5.41, 5.74) is 2.14.